The Bertz CT molecular complexity index is 1030. The highest BCUT2D eigenvalue weighted by atomic mass is 16.5. The van der Waals surface area contributed by atoms with Crippen molar-refractivity contribution in [1.29, 1.82) is 0 Å². The van der Waals surface area contributed by atoms with E-state index in [2.05, 4.69) is 20.2 Å². The van der Waals surface area contributed by atoms with Crippen LogP contribution in [0.15, 0.2) is 48.9 Å². The lowest BCUT2D eigenvalue weighted by atomic mass is 10.0. The number of nitrogens with zero attached hydrogens (tertiary/aromatic N) is 5. The maximum Gasteiger partial charge on any atom is 0.247 e. The average Bonchev–Trinajstić information content (AvgIpc) is 3.45. The molecule has 0 bridgehead atoms. The largest absolute Gasteiger partial charge is 0.379 e. The summed E-state index contributed by atoms with van der Waals surface area (Å²) in [5.74, 6) is 2.02. The first kappa shape index (κ1) is 17.8. The monoisotopic (exact) mass is 390 g/mol. The molecule has 0 radical (unpaired) electrons. The first-order chi connectivity index (χ1) is 14.3. The Morgan fingerprint density at radius 1 is 1.24 bits per heavy atom. The quantitative estimate of drug-likeness (QED) is 0.737. The number of nitrogens with one attached hydrogen (secondary N) is 1. The number of carbonyl (C=O) groups is 1. The van der Waals surface area contributed by atoms with E-state index < -0.39 is 0 Å². The van der Waals surface area contributed by atoms with E-state index >= 15 is 0 Å². The third-order valence-corrected chi connectivity index (χ3v) is 5.47. The lowest BCUT2D eigenvalue weighted by molar-refractivity contribution is -0.117. The minimum Gasteiger partial charge on any atom is -0.379 e. The van der Waals surface area contributed by atoms with Crippen molar-refractivity contribution < 1.29 is 9.53 Å². The van der Waals surface area contributed by atoms with Gasteiger partial charge in [0.2, 0.25) is 11.9 Å². The van der Waals surface area contributed by atoms with Crippen LogP contribution in [0.4, 0.5) is 11.5 Å². The van der Waals surface area contributed by atoms with E-state index in [0.29, 0.717) is 31.3 Å². The number of ether oxygens (including phenoxy) is 1. The lowest BCUT2D eigenvalue weighted by Crippen LogP contribution is -2.53. The van der Waals surface area contributed by atoms with Crippen molar-refractivity contribution in [2.24, 2.45) is 0 Å². The van der Waals surface area contributed by atoms with Crippen molar-refractivity contribution in [2.75, 3.05) is 23.4 Å². The molecular weight excluding hydrogens is 368 g/mol. The summed E-state index contributed by atoms with van der Waals surface area (Å²) in [6, 6.07) is 9.80. The molecule has 2 aliphatic rings. The molecule has 148 valence electrons. The number of fused-ring (bicyclic) bond motifs is 1. The number of hydrogen-bond donors (Lipinski definition) is 1. The van der Waals surface area contributed by atoms with Crippen molar-refractivity contribution >= 4 is 17.4 Å². The van der Waals surface area contributed by atoms with Gasteiger partial charge >= 0.3 is 0 Å². The molecule has 0 saturated carbocycles. The van der Waals surface area contributed by atoms with Gasteiger partial charge in [-0.05, 0) is 12.8 Å². The maximum absolute atomic E-state index is 12.6. The molecule has 1 N–H and O–H groups in total. The zero-order valence-corrected chi connectivity index (χ0v) is 16.2. The molecule has 0 spiro atoms. The summed E-state index contributed by atoms with van der Waals surface area (Å²) in [6.07, 6.45) is 6.85. The van der Waals surface area contributed by atoms with Gasteiger partial charge in [-0.2, -0.15) is 4.98 Å². The van der Waals surface area contributed by atoms with Crippen LogP contribution < -0.4 is 10.2 Å². The van der Waals surface area contributed by atoms with Gasteiger partial charge in [-0.25, -0.2) is 9.97 Å². The topological polar surface area (TPSA) is 85.2 Å². The molecule has 1 amide bonds. The Hall–Kier alpha value is -3.26. The van der Waals surface area contributed by atoms with Crippen molar-refractivity contribution in [3.05, 3.63) is 48.9 Å². The molecule has 1 saturated heterocycles. The Labute approximate surface area is 168 Å². The molecule has 1 unspecified atom stereocenters. The summed E-state index contributed by atoms with van der Waals surface area (Å²) in [7, 11) is 0. The van der Waals surface area contributed by atoms with Crippen LogP contribution in [-0.2, 0) is 9.53 Å². The van der Waals surface area contributed by atoms with Crippen LogP contribution in [0.2, 0.25) is 0 Å². The van der Waals surface area contributed by atoms with Gasteiger partial charge in [0.25, 0.3) is 0 Å². The normalized spacial score (nSPS) is 21.1. The van der Waals surface area contributed by atoms with Gasteiger partial charge in [-0.3, -0.25) is 9.36 Å². The molecule has 2 aromatic heterocycles. The van der Waals surface area contributed by atoms with E-state index in [1.807, 2.05) is 48.0 Å². The lowest BCUT2D eigenvalue weighted by Gasteiger charge is -2.39. The van der Waals surface area contributed by atoms with Gasteiger partial charge < -0.3 is 15.0 Å². The summed E-state index contributed by atoms with van der Waals surface area (Å²) in [4.78, 5) is 28.6. The third-order valence-electron chi connectivity index (χ3n) is 5.47. The van der Waals surface area contributed by atoms with E-state index in [1.54, 1.807) is 12.4 Å². The first-order valence-electron chi connectivity index (χ1n) is 9.89. The third kappa shape index (κ3) is 3.05. The van der Waals surface area contributed by atoms with Gasteiger partial charge in [-0.1, -0.05) is 37.3 Å². The molecular formula is C21H22N6O2. The Kier molecular flexibility index (Phi) is 4.48. The minimum absolute atomic E-state index is 0.0177. The number of rotatable bonds is 4. The van der Waals surface area contributed by atoms with Crippen molar-refractivity contribution in [2.45, 2.75) is 31.8 Å². The van der Waals surface area contributed by atoms with Crippen LogP contribution in [0.3, 0.4) is 0 Å². The van der Waals surface area contributed by atoms with Crippen molar-refractivity contribution in [3.63, 3.8) is 0 Å². The fourth-order valence-corrected chi connectivity index (χ4v) is 4.07. The molecule has 0 aliphatic carbocycles. The van der Waals surface area contributed by atoms with E-state index in [9.17, 15) is 4.79 Å². The standard InChI is InChI=1S/C21H22N6O2/c1-2-17-20(28)24-16-12-23-21(25-19(16)27(17)15-8-11-29-13-15)26-10-9-22-18(26)14-6-4-3-5-7-14/h3-7,9-10,12,15,17H,2,8,11,13H2,1H3,(H,24,28)/t15?,17-/m1/s1. The molecule has 8 heteroatoms. The summed E-state index contributed by atoms with van der Waals surface area (Å²) in [5.41, 5.74) is 1.62. The molecule has 3 aromatic rings. The molecule has 2 aliphatic heterocycles. The molecule has 5 rings (SSSR count). The van der Waals surface area contributed by atoms with Crippen LogP contribution >= 0.6 is 0 Å². The van der Waals surface area contributed by atoms with E-state index in [4.69, 9.17) is 9.72 Å². The number of carbonyl (C=O) groups excluding carboxylic acids is 1. The van der Waals surface area contributed by atoms with Gasteiger partial charge in [0.05, 0.1) is 18.8 Å². The minimum atomic E-state index is -0.270. The number of anilines is 2. The highest BCUT2D eigenvalue weighted by molar-refractivity contribution is 6.02. The Balaban J connectivity index is 1.60. The summed E-state index contributed by atoms with van der Waals surface area (Å²) in [5, 5.41) is 2.96. The van der Waals surface area contributed by atoms with Gasteiger partial charge in [0, 0.05) is 24.6 Å². The molecule has 4 heterocycles. The van der Waals surface area contributed by atoms with E-state index in [-0.39, 0.29) is 18.0 Å². The van der Waals surface area contributed by atoms with Crippen molar-refractivity contribution in [3.8, 4) is 17.3 Å². The fourth-order valence-electron chi connectivity index (χ4n) is 4.07. The van der Waals surface area contributed by atoms with Crippen LogP contribution in [0.5, 0.6) is 0 Å². The second-order valence-corrected chi connectivity index (χ2v) is 7.23. The maximum atomic E-state index is 12.6. The smallest absolute Gasteiger partial charge is 0.247 e. The summed E-state index contributed by atoms with van der Waals surface area (Å²) in [6.45, 7) is 3.32. The molecule has 1 aromatic carbocycles. The predicted molar refractivity (Wildman–Crippen MR) is 109 cm³/mol. The van der Waals surface area contributed by atoms with E-state index in [0.717, 1.165) is 23.6 Å². The molecule has 29 heavy (non-hydrogen) atoms. The van der Waals surface area contributed by atoms with Crippen LogP contribution in [0, 0.1) is 0 Å². The second-order valence-electron chi connectivity index (χ2n) is 7.23. The zero-order valence-electron chi connectivity index (χ0n) is 16.2. The van der Waals surface area contributed by atoms with Crippen molar-refractivity contribution in [1.82, 2.24) is 19.5 Å². The van der Waals surface area contributed by atoms with E-state index in [1.165, 1.54) is 0 Å². The first-order valence-corrected chi connectivity index (χ1v) is 9.89. The van der Waals surface area contributed by atoms with Gasteiger partial charge in [0.15, 0.2) is 5.82 Å². The number of hydrogen-bond acceptors (Lipinski definition) is 6. The zero-order chi connectivity index (χ0) is 19.8. The SMILES string of the molecule is CC[C@@H]1C(=O)Nc2cnc(-n3ccnc3-c3ccccc3)nc2N1C1CCOC1. The van der Waals surface area contributed by atoms with Crippen LogP contribution in [0.1, 0.15) is 19.8 Å². The average molecular weight is 390 g/mol. The fraction of sp³-hybridized carbons (Fsp3) is 0.333. The molecule has 8 nitrogen and oxygen atoms in total. The highest BCUT2D eigenvalue weighted by Gasteiger charge is 2.39. The van der Waals surface area contributed by atoms with Gasteiger partial charge in [-0.15, -0.1) is 0 Å². The molecule has 1 fully saturated rings. The Morgan fingerprint density at radius 3 is 2.86 bits per heavy atom. The number of aromatic nitrogens is 4. The number of amides is 1. The predicted octanol–water partition coefficient (Wildman–Crippen LogP) is 2.66. The second kappa shape index (κ2) is 7.29. The number of imidazole rings is 1. The number of benzene rings is 1. The molecule has 2 atom stereocenters. The highest BCUT2D eigenvalue weighted by Crippen LogP contribution is 2.35. The van der Waals surface area contributed by atoms with Crippen LogP contribution in [-0.4, -0.2) is 50.7 Å². The van der Waals surface area contributed by atoms with Crippen LogP contribution in [0.25, 0.3) is 17.3 Å². The Morgan fingerprint density at radius 2 is 2.10 bits per heavy atom. The summed E-state index contributed by atoms with van der Waals surface area (Å²) >= 11 is 0. The summed E-state index contributed by atoms with van der Waals surface area (Å²) < 4.78 is 7.47. The van der Waals surface area contributed by atoms with Gasteiger partial charge in [0.1, 0.15) is 17.6 Å².